The standard InChI is InChI=1S/C16H19N3O/c1-20-15-8-11-19(16-17-9-5-10-18-16)14(15)12-13-6-3-2-4-7-13/h2-7,9-10,14-15H,8,11-12H2,1H3/t14-,15-/m0/s1. The van der Waals surface area contributed by atoms with Crippen molar-refractivity contribution in [2.75, 3.05) is 18.6 Å². The van der Waals surface area contributed by atoms with Gasteiger partial charge < -0.3 is 9.64 Å². The Balaban J connectivity index is 1.83. The predicted octanol–water partition coefficient (Wildman–Crippen LogP) is 2.31. The fraction of sp³-hybridized carbons (Fsp3) is 0.375. The molecule has 0 radical (unpaired) electrons. The summed E-state index contributed by atoms with van der Waals surface area (Å²) in [7, 11) is 1.79. The van der Waals surface area contributed by atoms with Crippen LogP contribution < -0.4 is 4.90 Å². The van der Waals surface area contributed by atoms with Crippen LogP contribution in [0, 0.1) is 0 Å². The van der Waals surface area contributed by atoms with E-state index in [9.17, 15) is 0 Å². The van der Waals surface area contributed by atoms with Crippen molar-refractivity contribution in [3.8, 4) is 0 Å². The Morgan fingerprint density at radius 2 is 1.90 bits per heavy atom. The van der Waals surface area contributed by atoms with Crippen molar-refractivity contribution in [3.05, 3.63) is 54.4 Å². The maximum absolute atomic E-state index is 5.65. The van der Waals surface area contributed by atoms with E-state index >= 15 is 0 Å². The highest BCUT2D eigenvalue weighted by molar-refractivity contribution is 5.35. The summed E-state index contributed by atoms with van der Waals surface area (Å²) in [6.07, 6.45) is 5.80. The maximum Gasteiger partial charge on any atom is 0.225 e. The summed E-state index contributed by atoms with van der Waals surface area (Å²) in [5, 5.41) is 0. The first-order valence-electron chi connectivity index (χ1n) is 6.99. The average Bonchev–Trinajstić information content (AvgIpc) is 2.92. The Labute approximate surface area is 119 Å². The number of aromatic nitrogens is 2. The first kappa shape index (κ1) is 13.1. The molecule has 0 aliphatic carbocycles. The van der Waals surface area contributed by atoms with E-state index < -0.39 is 0 Å². The number of anilines is 1. The molecule has 2 heterocycles. The van der Waals surface area contributed by atoms with Crippen LogP contribution in [0.15, 0.2) is 48.8 Å². The van der Waals surface area contributed by atoms with Crippen LogP contribution in [0.1, 0.15) is 12.0 Å². The zero-order valence-corrected chi connectivity index (χ0v) is 11.6. The van der Waals surface area contributed by atoms with Gasteiger partial charge in [-0.2, -0.15) is 0 Å². The van der Waals surface area contributed by atoms with Gasteiger partial charge in [-0.05, 0) is 24.5 Å². The molecule has 1 aromatic heterocycles. The molecular weight excluding hydrogens is 250 g/mol. The third kappa shape index (κ3) is 2.65. The van der Waals surface area contributed by atoms with E-state index in [1.54, 1.807) is 19.5 Å². The Morgan fingerprint density at radius 3 is 2.60 bits per heavy atom. The Bertz CT molecular complexity index is 532. The third-order valence-corrected chi connectivity index (χ3v) is 3.88. The van der Waals surface area contributed by atoms with Crippen molar-refractivity contribution in [3.63, 3.8) is 0 Å². The van der Waals surface area contributed by atoms with E-state index in [0.29, 0.717) is 6.04 Å². The summed E-state index contributed by atoms with van der Waals surface area (Å²) >= 11 is 0. The van der Waals surface area contributed by atoms with Crippen LogP contribution in [0.2, 0.25) is 0 Å². The van der Waals surface area contributed by atoms with Crippen molar-refractivity contribution in [1.82, 2.24) is 9.97 Å². The molecule has 0 saturated carbocycles. The van der Waals surface area contributed by atoms with Crippen molar-refractivity contribution in [2.24, 2.45) is 0 Å². The topological polar surface area (TPSA) is 38.2 Å². The lowest BCUT2D eigenvalue weighted by Gasteiger charge is -2.27. The van der Waals surface area contributed by atoms with Crippen molar-refractivity contribution < 1.29 is 4.74 Å². The summed E-state index contributed by atoms with van der Waals surface area (Å²) in [6, 6.07) is 12.7. The highest BCUT2D eigenvalue weighted by atomic mass is 16.5. The van der Waals surface area contributed by atoms with E-state index in [1.807, 2.05) is 12.1 Å². The molecule has 1 fully saturated rings. The van der Waals surface area contributed by atoms with Gasteiger partial charge in [-0.15, -0.1) is 0 Å². The molecule has 2 atom stereocenters. The molecule has 0 unspecified atom stereocenters. The lowest BCUT2D eigenvalue weighted by Crippen LogP contribution is -2.38. The summed E-state index contributed by atoms with van der Waals surface area (Å²) in [6.45, 7) is 0.944. The van der Waals surface area contributed by atoms with Gasteiger partial charge in [0.1, 0.15) is 0 Å². The quantitative estimate of drug-likeness (QED) is 0.853. The van der Waals surface area contributed by atoms with Gasteiger partial charge in [0.15, 0.2) is 0 Å². The fourth-order valence-electron chi connectivity index (χ4n) is 2.89. The molecule has 0 spiro atoms. The normalized spacial score (nSPS) is 22.1. The van der Waals surface area contributed by atoms with Crippen LogP contribution in [0.25, 0.3) is 0 Å². The van der Waals surface area contributed by atoms with Crippen LogP contribution in [-0.2, 0) is 11.2 Å². The molecule has 1 saturated heterocycles. The molecule has 0 amide bonds. The summed E-state index contributed by atoms with van der Waals surface area (Å²) in [5.74, 6) is 0.799. The monoisotopic (exact) mass is 269 g/mol. The van der Waals surface area contributed by atoms with Gasteiger partial charge in [-0.3, -0.25) is 0 Å². The fourth-order valence-corrected chi connectivity index (χ4v) is 2.89. The number of hydrogen-bond donors (Lipinski definition) is 0. The van der Waals surface area contributed by atoms with E-state index in [-0.39, 0.29) is 6.10 Å². The molecule has 0 bridgehead atoms. The lowest BCUT2D eigenvalue weighted by molar-refractivity contribution is 0.0952. The van der Waals surface area contributed by atoms with Gasteiger partial charge in [0.05, 0.1) is 12.1 Å². The Kier molecular flexibility index (Phi) is 3.92. The molecule has 104 valence electrons. The average molecular weight is 269 g/mol. The molecule has 1 aromatic carbocycles. The van der Waals surface area contributed by atoms with Gasteiger partial charge in [0.25, 0.3) is 0 Å². The minimum atomic E-state index is 0.235. The molecule has 4 nitrogen and oxygen atoms in total. The maximum atomic E-state index is 5.65. The highest BCUT2D eigenvalue weighted by Crippen LogP contribution is 2.26. The summed E-state index contributed by atoms with van der Waals surface area (Å²) in [4.78, 5) is 11.0. The third-order valence-electron chi connectivity index (χ3n) is 3.88. The van der Waals surface area contributed by atoms with E-state index in [1.165, 1.54) is 5.56 Å². The van der Waals surface area contributed by atoms with E-state index in [2.05, 4.69) is 39.1 Å². The number of ether oxygens (including phenoxy) is 1. The number of methoxy groups -OCH3 is 1. The minimum absolute atomic E-state index is 0.235. The Morgan fingerprint density at radius 1 is 1.15 bits per heavy atom. The van der Waals surface area contributed by atoms with Crippen molar-refractivity contribution in [1.29, 1.82) is 0 Å². The van der Waals surface area contributed by atoms with Crippen LogP contribution >= 0.6 is 0 Å². The van der Waals surface area contributed by atoms with Crippen molar-refractivity contribution >= 4 is 5.95 Å². The second-order valence-electron chi connectivity index (χ2n) is 5.06. The molecule has 20 heavy (non-hydrogen) atoms. The van der Waals surface area contributed by atoms with Gasteiger partial charge >= 0.3 is 0 Å². The summed E-state index contributed by atoms with van der Waals surface area (Å²) in [5.41, 5.74) is 1.32. The van der Waals surface area contributed by atoms with E-state index in [0.717, 1.165) is 25.3 Å². The van der Waals surface area contributed by atoms with Gasteiger partial charge in [0.2, 0.25) is 5.95 Å². The molecule has 2 aromatic rings. The molecule has 4 heteroatoms. The van der Waals surface area contributed by atoms with Crippen LogP contribution in [0.4, 0.5) is 5.95 Å². The molecular formula is C16H19N3O. The molecule has 1 aliphatic rings. The zero-order valence-electron chi connectivity index (χ0n) is 11.6. The predicted molar refractivity (Wildman–Crippen MR) is 78.7 cm³/mol. The smallest absolute Gasteiger partial charge is 0.225 e. The van der Waals surface area contributed by atoms with Crippen LogP contribution in [0.3, 0.4) is 0 Å². The second kappa shape index (κ2) is 6.01. The molecule has 0 N–H and O–H groups in total. The number of rotatable bonds is 4. The van der Waals surface area contributed by atoms with Gasteiger partial charge in [-0.1, -0.05) is 30.3 Å². The molecule has 3 rings (SSSR count). The minimum Gasteiger partial charge on any atom is -0.379 e. The molecule has 1 aliphatic heterocycles. The van der Waals surface area contributed by atoms with Crippen LogP contribution in [-0.4, -0.2) is 35.8 Å². The summed E-state index contributed by atoms with van der Waals surface area (Å²) < 4.78 is 5.65. The number of benzene rings is 1. The first-order chi connectivity index (χ1) is 9.88. The van der Waals surface area contributed by atoms with Crippen LogP contribution in [0.5, 0.6) is 0 Å². The first-order valence-corrected chi connectivity index (χ1v) is 6.99. The Hall–Kier alpha value is -1.94. The van der Waals surface area contributed by atoms with E-state index in [4.69, 9.17) is 4.74 Å². The zero-order chi connectivity index (χ0) is 13.8. The lowest BCUT2D eigenvalue weighted by atomic mass is 10.0. The largest absolute Gasteiger partial charge is 0.379 e. The SMILES string of the molecule is CO[C@H]1CCN(c2ncccn2)[C@H]1Cc1ccccc1. The number of nitrogens with zero attached hydrogens (tertiary/aromatic N) is 3. The number of hydrogen-bond acceptors (Lipinski definition) is 4. The highest BCUT2D eigenvalue weighted by Gasteiger charge is 2.35. The van der Waals surface area contributed by atoms with Crippen molar-refractivity contribution in [2.45, 2.75) is 25.0 Å². The van der Waals surface area contributed by atoms with Gasteiger partial charge in [-0.25, -0.2) is 9.97 Å². The second-order valence-corrected chi connectivity index (χ2v) is 5.06. The van der Waals surface area contributed by atoms with Gasteiger partial charge in [0, 0.05) is 26.0 Å².